The average molecular weight is 519 g/mol. The molecule has 3 aromatic rings. The van der Waals surface area contributed by atoms with Crippen LogP contribution in [0.5, 0.6) is 0 Å². The van der Waals surface area contributed by atoms with Crippen LogP contribution in [-0.2, 0) is 22.4 Å². The molecule has 5 nitrogen and oxygen atoms in total. The van der Waals surface area contributed by atoms with E-state index >= 15 is 0 Å². The van der Waals surface area contributed by atoms with Gasteiger partial charge in [-0.15, -0.1) is 0 Å². The van der Waals surface area contributed by atoms with Crippen LogP contribution in [0.25, 0.3) is 0 Å². The van der Waals surface area contributed by atoms with E-state index in [4.69, 9.17) is 4.74 Å². The third-order valence-corrected chi connectivity index (χ3v) is 6.97. The summed E-state index contributed by atoms with van der Waals surface area (Å²) in [4.78, 5) is 28.8. The molecule has 0 atom stereocenters. The molecule has 2 amide bonds. The zero-order valence-electron chi connectivity index (χ0n) is 21.9. The summed E-state index contributed by atoms with van der Waals surface area (Å²) in [5.74, 6) is -0.207. The third-order valence-electron chi connectivity index (χ3n) is 5.95. The molecule has 1 N–H and O–H groups in total. The zero-order chi connectivity index (χ0) is 26.3. The van der Waals surface area contributed by atoms with Crippen LogP contribution in [0.2, 0.25) is 0 Å². The Morgan fingerprint density at radius 2 is 1.49 bits per heavy atom. The molecule has 0 spiro atoms. The number of amides is 2. The fraction of sp³-hybridized carbons (Fsp3) is 0.355. The van der Waals surface area contributed by atoms with Gasteiger partial charge in [-0.2, -0.15) is 0 Å². The third kappa shape index (κ3) is 9.96. The van der Waals surface area contributed by atoms with Crippen molar-refractivity contribution >= 4 is 29.4 Å². The molecule has 0 heterocycles. The number of aryl methyl sites for hydroxylation is 1. The molecule has 0 aliphatic heterocycles. The highest BCUT2D eigenvalue weighted by atomic mass is 32.2. The lowest BCUT2D eigenvalue weighted by atomic mass is 10.1. The van der Waals surface area contributed by atoms with Crippen LogP contribution in [0.1, 0.15) is 50.7 Å². The molecule has 37 heavy (non-hydrogen) atoms. The van der Waals surface area contributed by atoms with Gasteiger partial charge in [0.15, 0.2) is 0 Å². The number of esters is 1. The number of nitrogens with zero attached hydrogens (tertiary/aromatic N) is 1. The summed E-state index contributed by atoms with van der Waals surface area (Å²) in [6.45, 7) is 5.72. The van der Waals surface area contributed by atoms with Crippen LogP contribution >= 0.6 is 11.8 Å². The smallest absolute Gasteiger partial charge is 0.321 e. The van der Waals surface area contributed by atoms with Crippen molar-refractivity contribution in [3.8, 4) is 0 Å². The van der Waals surface area contributed by atoms with Gasteiger partial charge in [-0.05, 0) is 73.7 Å². The number of anilines is 1. The number of ether oxygens (including phenoxy) is 1. The highest BCUT2D eigenvalue weighted by Crippen LogP contribution is 2.30. The molecule has 0 radical (unpaired) electrons. The monoisotopic (exact) mass is 518 g/mol. The van der Waals surface area contributed by atoms with E-state index < -0.39 is 0 Å². The molecule has 0 saturated carbocycles. The lowest BCUT2D eigenvalue weighted by Crippen LogP contribution is -2.41. The molecule has 3 rings (SSSR count). The van der Waals surface area contributed by atoms with Gasteiger partial charge in [0.25, 0.3) is 0 Å². The fourth-order valence-electron chi connectivity index (χ4n) is 3.98. The molecule has 3 aromatic carbocycles. The zero-order valence-corrected chi connectivity index (χ0v) is 22.8. The van der Waals surface area contributed by atoms with Crippen LogP contribution in [0.15, 0.2) is 88.7 Å². The first-order valence-corrected chi connectivity index (χ1v) is 14.0. The molecular weight excluding hydrogens is 480 g/mol. The van der Waals surface area contributed by atoms with E-state index in [9.17, 15) is 9.59 Å². The lowest BCUT2D eigenvalue weighted by molar-refractivity contribution is -0.142. The van der Waals surface area contributed by atoms with Gasteiger partial charge >= 0.3 is 12.0 Å². The molecule has 0 unspecified atom stereocenters. The molecule has 6 heteroatoms. The second kappa shape index (κ2) is 15.8. The molecular formula is C31H38N2O3S. The van der Waals surface area contributed by atoms with Crippen molar-refractivity contribution < 1.29 is 14.3 Å². The van der Waals surface area contributed by atoms with Gasteiger partial charge in [-0.3, -0.25) is 9.69 Å². The number of carbonyl (C=O) groups excluding carboxylic acids is 2. The van der Waals surface area contributed by atoms with Crippen molar-refractivity contribution in [1.29, 1.82) is 0 Å². The SMILES string of the molecule is CCCCCNC(=O)N(CCCc1ccccc1)c1ccc(Sc2ccc(CC(=O)OCC)cc2)cc1. The van der Waals surface area contributed by atoms with Crippen LogP contribution in [0.3, 0.4) is 0 Å². The minimum Gasteiger partial charge on any atom is -0.466 e. The van der Waals surface area contributed by atoms with Gasteiger partial charge in [0.05, 0.1) is 13.0 Å². The van der Waals surface area contributed by atoms with E-state index in [0.29, 0.717) is 19.7 Å². The number of benzene rings is 3. The highest BCUT2D eigenvalue weighted by molar-refractivity contribution is 7.99. The second-order valence-electron chi connectivity index (χ2n) is 8.90. The van der Waals surface area contributed by atoms with Gasteiger partial charge in [-0.1, -0.05) is 74.0 Å². The first-order chi connectivity index (χ1) is 18.1. The van der Waals surface area contributed by atoms with Crippen LogP contribution in [0.4, 0.5) is 10.5 Å². The number of hydrogen-bond donors (Lipinski definition) is 1. The minimum absolute atomic E-state index is 0.0400. The molecule has 0 aliphatic carbocycles. The van der Waals surface area contributed by atoms with Crippen molar-refractivity contribution in [2.24, 2.45) is 0 Å². The molecule has 0 saturated heterocycles. The van der Waals surface area contributed by atoms with E-state index in [-0.39, 0.29) is 18.4 Å². The predicted molar refractivity (Wildman–Crippen MR) is 152 cm³/mol. The molecule has 0 aliphatic rings. The van der Waals surface area contributed by atoms with E-state index in [1.165, 1.54) is 5.56 Å². The lowest BCUT2D eigenvalue weighted by Gasteiger charge is -2.24. The minimum atomic E-state index is -0.207. The largest absolute Gasteiger partial charge is 0.466 e. The van der Waals surface area contributed by atoms with Gasteiger partial charge < -0.3 is 10.1 Å². The Labute approximate surface area is 225 Å². The predicted octanol–water partition coefficient (Wildman–Crippen LogP) is 7.28. The number of rotatable bonds is 14. The maximum atomic E-state index is 13.1. The second-order valence-corrected chi connectivity index (χ2v) is 10.0. The van der Waals surface area contributed by atoms with Crippen molar-refractivity contribution in [3.05, 3.63) is 90.0 Å². The van der Waals surface area contributed by atoms with Crippen molar-refractivity contribution in [2.45, 2.75) is 62.2 Å². The maximum Gasteiger partial charge on any atom is 0.321 e. The first kappa shape index (κ1) is 28.3. The van der Waals surface area contributed by atoms with Gasteiger partial charge in [0.2, 0.25) is 0 Å². The van der Waals surface area contributed by atoms with E-state index in [0.717, 1.165) is 53.1 Å². The number of hydrogen-bond acceptors (Lipinski definition) is 4. The van der Waals surface area contributed by atoms with Crippen molar-refractivity contribution in [1.82, 2.24) is 5.32 Å². The Kier molecular flexibility index (Phi) is 12.1. The maximum absolute atomic E-state index is 13.1. The van der Waals surface area contributed by atoms with E-state index in [2.05, 4.69) is 48.6 Å². The Bertz CT molecular complexity index is 1090. The highest BCUT2D eigenvalue weighted by Gasteiger charge is 2.15. The number of nitrogens with one attached hydrogen (secondary N) is 1. The molecule has 196 valence electrons. The Balaban J connectivity index is 1.61. The average Bonchev–Trinajstić information content (AvgIpc) is 2.91. The van der Waals surface area contributed by atoms with E-state index in [1.807, 2.05) is 54.3 Å². The molecule has 0 bridgehead atoms. The topological polar surface area (TPSA) is 58.6 Å². The van der Waals surface area contributed by atoms with E-state index in [1.54, 1.807) is 11.8 Å². The summed E-state index contributed by atoms with van der Waals surface area (Å²) in [7, 11) is 0. The normalized spacial score (nSPS) is 10.6. The van der Waals surface area contributed by atoms with Crippen LogP contribution in [-0.4, -0.2) is 31.7 Å². The van der Waals surface area contributed by atoms with Crippen LogP contribution < -0.4 is 10.2 Å². The van der Waals surface area contributed by atoms with Crippen LogP contribution in [0, 0.1) is 0 Å². The van der Waals surface area contributed by atoms with Gasteiger partial charge in [-0.25, -0.2) is 4.79 Å². The fourth-order valence-corrected chi connectivity index (χ4v) is 4.80. The summed E-state index contributed by atoms with van der Waals surface area (Å²) >= 11 is 1.65. The van der Waals surface area contributed by atoms with Gasteiger partial charge in [0, 0.05) is 28.6 Å². The summed E-state index contributed by atoms with van der Waals surface area (Å²) in [5, 5.41) is 3.09. The van der Waals surface area contributed by atoms with Crippen molar-refractivity contribution in [2.75, 3.05) is 24.6 Å². The quantitative estimate of drug-likeness (QED) is 0.180. The molecule has 0 fully saturated rings. The van der Waals surface area contributed by atoms with Crippen molar-refractivity contribution in [3.63, 3.8) is 0 Å². The summed E-state index contributed by atoms with van der Waals surface area (Å²) in [6.07, 6.45) is 5.35. The Morgan fingerprint density at radius 3 is 2.14 bits per heavy atom. The summed E-state index contributed by atoms with van der Waals surface area (Å²) in [5.41, 5.74) is 3.12. The summed E-state index contributed by atoms with van der Waals surface area (Å²) in [6, 6.07) is 26.5. The standard InChI is InChI=1S/C31H38N2O3S/c1-3-5-9-22-32-31(35)33(23-10-13-25-11-7-6-8-12-25)27-16-20-29(21-17-27)37-28-18-14-26(15-19-28)24-30(34)36-4-2/h6-8,11-12,14-21H,3-5,9-10,13,22-24H2,1-2H3,(H,32,35). The number of unbranched alkanes of at least 4 members (excludes halogenated alkanes) is 2. The summed E-state index contributed by atoms with van der Waals surface area (Å²) < 4.78 is 5.02. The Hall–Kier alpha value is -3.25. The van der Waals surface area contributed by atoms with Gasteiger partial charge in [0.1, 0.15) is 0 Å². The molecule has 0 aromatic heterocycles. The first-order valence-electron chi connectivity index (χ1n) is 13.2. The number of urea groups is 1. The Morgan fingerprint density at radius 1 is 0.811 bits per heavy atom. The number of carbonyl (C=O) groups is 2.